The molecule has 0 amide bonds. The second kappa shape index (κ2) is 4.93. The van der Waals surface area contributed by atoms with E-state index in [1.54, 1.807) is 0 Å². The van der Waals surface area contributed by atoms with Gasteiger partial charge >= 0.3 is 0 Å². The predicted molar refractivity (Wildman–Crippen MR) is 78.6 cm³/mol. The molecule has 0 bridgehead atoms. The molecule has 1 atom stereocenters. The van der Waals surface area contributed by atoms with E-state index in [1.807, 2.05) is 0 Å². The molecule has 0 radical (unpaired) electrons. The molecule has 0 saturated carbocycles. The van der Waals surface area contributed by atoms with Crippen LogP contribution in [0.4, 0.5) is 5.69 Å². The van der Waals surface area contributed by atoms with Crippen molar-refractivity contribution in [1.82, 2.24) is 0 Å². The summed E-state index contributed by atoms with van der Waals surface area (Å²) < 4.78 is 1.13. The van der Waals surface area contributed by atoms with Crippen molar-refractivity contribution in [1.29, 1.82) is 5.26 Å². The average molecular weight is 307 g/mol. The molecule has 1 aromatic carbocycles. The minimum absolute atomic E-state index is 0.0955. The summed E-state index contributed by atoms with van der Waals surface area (Å²) >= 11 is 3.59. The van der Waals surface area contributed by atoms with Gasteiger partial charge in [0.05, 0.1) is 17.5 Å². The number of halogens is 1. The van der Waals surface area contributed by atoms with E-state index in [9.17, 15) is 5.26 Å². The first-order valence-electron chi connectivity index (χ1n) is 6.40. The number of anilines is 1. The molecule has 0 aromatic heterocycles. The summed E-state index contributed by atoms with van der Waals surface area (Å²) in [6, 6.07) is 8.91. The Morgan fingerprint density at radius 2 is 2.17 bits per heavy atom. The van der Waals surface area contributed by atoms with E-state index in [0.29, 0.717) is 0 Å². The smallest absolute Gasteiger partial charge is 0.0690 e. The molecule has 1 unspecified atom stereocenters. The number of hydrogen-bond acceptors (Lipinski definition) is 2. The summed E-state index contributed by atoms with van der Waals surface area (Å²) in [4.78, 5) is 2.37. The molecule has 3 heteroatoms. The van der Waals surface area contributed by atoms with E-state index in [4.69, 9.17) is 0 Å². The van der Waals surface area contributed by atoms with E-state index in [0.717, 1.165) is 23.9 Å². The van der Waals surface area contributed by atoms with Gasteiger partial charge in [-0.1, -0.05) is 22.0 Å². The van der Waals surface area contributed by atoms with E-state index in [1.165, 1.54) is 11.3 Å². The zero-order chi connectivity index (χ0) is 13.3. The van der Waals surface area contributed by atoms with Crippen LogP contribution in [0.2, 0.25) is 0 Å². The van der Waals surface area contributed by atoms with Gasteiger partial charge < -0.3 is 4.90 Å². The number of benzene rings is 1. The lowest BCUT2D eigenvalue weighted by Crippen LogP contribution is -2.53. The molecular formula is C15H19BrN2. The Morgan fingerprint density at radius 3 is 2.78 bits per heavy atom. The SMILES string of the molecule is Cc1ccc(N2CCCC(C#N)C2(C)C)cc1Br. The maximum atomic E-state index is 9.30. The predicted octanol–water partition coefficient (Wildman–Crippen LogP) is 4.28. The number of nitriles is 1. The molecule has 2 nitrogen and oxygen atoms in total. The fourth-order valence-electron chi connectivity index (χ4n) is 2.72. The number of aryl methyl sites for hydroxylation is 1. The summed E-state index contributed by atoms with van der Waals surface area (Å²) in [5.41, 5.74) is 2.35. The second-order valence-electron chi connectivity index (χ2n) is 5.56. The third kappa shape index (κ3) is 2.27. The van der Waals surface area contributed by atoms with Crippen molar-refractivity contribution in [2.24, 2.45) is 5.92 Å². The third-order valence-electron chi connectivity index (χ3n) is 4.05. The van der Waals surface area contributed by atoms with Crippen LogP contribution < -0.4 is 4.90 Å². The Kier molecular flexibility index (Phi) is 3.68. The van der Waals surface area contributed by atoms with Gasteiger partial charge in [0.15, 0.2) is 0 Å². The van der Waals surface area contributed by atoms with Crippen molar-refractivity contribution in [3.05, 3.63) is 28.2 Å². The maximum Gasteiger partial charge on any atom is 0.0690 e. The summed E-state index contributed by atoms with van der Waals surface area (Å²) in [5, 5.41) is 9.30. The van der Waals surface area contributed by atoms with Gasteiger partial charge in [-0.3, -0.25) is 0 Å². The van der Waals surface area contributed by atoms with Crippen LogP contribution in [0.3, 0.4) is 0 Å². The molecule has 2 rings (SSSR count). The molecule has 0 aliphatic carbocycles. The monoisotopic (exact) mass is 306 g/mol. The number of hydrogen-bond donors (Lipinski definition) is 0. The zero-order valence-electron chi connectivity index (χ0n) is 11.2. The summed E-state index contributed by atoms with van der Waals surface area (Å²) in [7, 11) is 0. The Bertz CT molecular complexity index is 488. The van der Waals surface area contributed by atoms with Crippen molar-refractivity contribution in [3.8, 4) is 6.07 Å². The Morgan fingerprint density at radius 1 is 1.44 bits per heavy atom. The van der Waals surface area contributed by atoms with E-state index in [2.05, 4.69) is 65.9 Å². The quantitative estimate of drug-likeness (QED) is 0.774. The van der Waals surface area contributed by atoms with Crippen molar-refractivity contribution >= 4 is 21.6 Å². The fraction of sp³-hybridized carbons (Fsp3) is 0.533. The molecule has 1 aliphatic rings. The number of piperidine rings is 1. The fourth-order valence-corrected chi connectivity index (χ4v) is 3.08. The number of nitrogens with zero attached hydrogens (tertiary/aromatic N) is 2. The van der Waals surface area contributed by atoms with Gasteiger partial charge in [0.1, 0.15) is 0 Å². The van der Waals surface area contributed by atoms with Gasteiger partial charge in [-0.05, 0) is 51.3 Å². The number of rotatable bonds is 1. The molecule has 1 aliphatic heterocycles. The van der Waals surface area contributed by atoms with E-state index < -0.39 is 0 Å². The minimum atomic E-state index is -0.0955. The molecule has 0 spiro atoms. The average Bonchev–Trinajstić information content (AvgIpc) is 2.32. The van der Waals surface area contributed by atoms with E-state index in [-0.39, 0.29) is 11.5 Å². The summed E-state index contributed by atoms with van der Waals surface area (Å²) in [6.45, 7) is 7.47. The first-order valence-corrected chi connectivity index (χ1v) is 7.19. The first kappa shape index (κ1) is 13.4. The van der Waals surface area contributed by atoms with Gasteiger partial charge in [0.2, 0.25) is 0 Å². The van der Waals surface area contributed by atoms with E-state index >= 15 is 0 Å². The van der Waals surface area contributed by atoms with Crippen molar-refractivity contribution < 1.29 is 0 Å². The third-order valence-corrected chi connectivity index (χ3v) is 4.90. The minimum Gasteiger partial charge on any atom is -0.365 e. The highest BCUT2D eigenvalue weighted by Gasteiger charge is 2.38. The molecule has 1 fully saturated rings. The van der Waals surface area contributed by atoms with Crippen LogP contribution in [0.5, 0.6) is 0 Å². The molecular weight excluding hydrogens is 288 g/mol. The largest absolute Gasteiger partial charge is 0.365 e. The Balaban J connectivity index is 2.37. The highest BCUT2D eigenvalue weighted by atomic mass is 79.9. The Labute approximate surface area is 118 Å². The van der Waals surface area contributed by atoms with Gasteiger partial charge in [-0.2, -0.15) is 5.26 Å². The van der Waals surface area contributed by atoms with Crippen LogP contribution in [0.25, 0.3) is 0 Å². The lowest BCUT2D eigenvalue weighted by atomic mass is 9.79. The molecule has 96 valence electrons. The van der Waals surface area contributed by atoms with Gasteiger partial charge in [0, 0.05) is 16.7 Å². The van der Waals surface area contributed by atoms with Crippen LogP contribution in [0.15, 0.2) is 22.7 Å². The van der Waals surface area contributed by atoms with Gasteiger partial charge in [0.25, 0.3) is 0 Å². The van der Waals surface area contributed by atoms with Crippen LogP contribution in [0.1, 0.15) is 32.3 Å². The maximum absolute atomic E-state index is 9.30. The highest BCUT2D eigenvalue weighted by Crippen LogP contribution is 2.37. The normalized spacial score (nSPS) is 22.6. The van der Waals surface area contributed by atoms with Gasteiger partial charge in [-0.25, -0.2) is 0 Å². The van der Waals surface area contributed by atoms with Gasteiger partial charge in [-0.15, -0.1) is 0 Å². The molecule has 1 heterocycles. The van der Waals surface area contributed by atoms with Crippen LogP contribution >= 0.6 is 15.9 Å². The second-order valence-corrected chi connectivity index (χ2v) is 6.42. The van der Waals surface area contributed by atoms with Crippen molar-refractivity contribution in [3.63, 3.8) is 0 Å². The molecule has 1 aromatic rings. The Hall–Kier alpha value is -1.01. The summed E-state index contributed by atoms with van der Waals surface area (Å²) in [5.74, 6) is 0.103. The lowest BCUT2D eigenvalue weighted by Gasteiger charge is -2.47. The van der Waals surface area contributed by atoms with Crippen LogP contribution in [-0.4, -0.2) is 12.1 Å². The van der Waals surface area contributed by atoms with Crippen molar-refractivity contribution in [2.75, 3.05) is 11.4 Å². The van der Waals surface area contributed by atoms with Crippen molar-refractivity contribution in [2.45, 2.75) is 39.2 Å². The summed E-state index contributed by atoms with van der Waals surface area (Å²) in [6.07, 6.45) is 2.10. The first-order chi connectivity index (χ1) is 8.46. The molecule has 0 N–H and O–H groups in total. The standard InChI is InChI=1S/C15H19BrN2/c1-11-6-7-13(9-14(11)16)18-8-4-5-12(10-17)15(18,2)3/h6-7,9,12H,4-5,8H2,1-3H3. The highest BCUT2D eigenvalue weighted by molar-refractivity contribution is 9.10. The van der Waals surface area contributed by atoms with Crippen LogP contribution in [0, 0.1) is 24.2 Å². The molecule has 18 heavy (non-hydrogen) atoms. The van der Waals surface area contributed by atoms with Crippen LogP contribution in [-0.2, 0) is 0 Å². The zero-order valence-corrected chi connectivity index (χ0v) is 12.8. The topological polar surface area (TPSA) is 27.0 Å². The molecule has 1 saturated heterocycles. The lowest BCUT2D eigenvalue weighted by molar-refractivity contribution is 0.292.